The number of ether oxygens (including phenoxy) is 2. The standard InChI is InChI=1S/C17H21N3O4/c1-23-16(21)15-13(12-5-3-4-6-14(12)18-15)11-19-7-9-20(10-8-19)17(22)24-2/h3-6,18H,7-11H2,1-2H3. The first-order valence-corrected chi connectivity index (χ1v) is 7.87. The van der Waals surface area contributed by atoms with Crippen LogP contribution in [0, 0.1) is 0 Å². The van der Waals surface area contributed by atoms with Crippen LogP contribution in [-0.2, 0) is 16.0 Å². The molecule has 1 aliphatic heterocycles. The van der Waals surface area contributed by atoms with E-state index in [1.54, 1.807) is 4.90 Å². The van der Waals surface area contributed by atoms with Crippen LogP contribution in [0.1, 0.15) is 16.1 Å². The molecule has 1 aliphatic rings. The molecule has 1 amide bonds. The summed E-state index contributed by atoms with van der Waals surface area (Å²) >= 11 is 0. The molecule has 1 aromatic carbocycles. The van der Waals surface area contributed by atoms with Crippen molar-refractivity contribution in [3.8, 4) is 0 Å². The predicted molar refractivity (Wildman–Crippen MR) is 88.9 cm³/mol. The molecule has 0 radical (unpaired) electrons. The Kier molecular flexibility index (Phi) is 4.71. The highest BCUT2D eigenvalue weighted by Gasteiger charge is 2.25. The number of esters is 1. The van der Waals surface area contributed by atoms with Crippen LogP contribution in [0.3, 0.4) is 0 Å². The zero-order valence-electron chi connectivity index (χ0n) is 13.9. The van der Waals surface area contributed by atoms with E-state index in [0.717, 1.165) is 29.6 Å². The molecule has 0 atom stereocenters. The molecule has 128 valence electrons. The van der Waals surface area contributed by atoms with Gasteiger partial charge in [0.2, 0.25) is 0 Å². The third kappa shape index (κ3) is 3.07. The number of aromatic nitrogens is 1. The van der Waals surface area contributed by atoms with Gasteiger partial charge in [-0.05, 0) is 6.07 Å². The van der Waals surface area contributed by atoms with Crippen molar-refractivity contribution in [2.24, 2.45) is 0 Å². The third-order valence-electron chi connectivity index (χ3n) is 4.39. The number of hydrogen-bond donors (Lipinski definition) is 1. The SMILES string of the molecule is COC(=O)c1[nH]c2ccccc2c1CN1CCN(C(=O)OC)CC1. The van der Waals surface area contributed by atoms with Crippen LogP contribution in [0.5, 0.6) is 0 Å². The number of aromatic amines is 1. The average molecular weight is 331 g/mol. The molecule has 1 aromatic heterocycles. The summed E-state index contributed by atoms with van der Waals surface area (Å²) in [7, 11) is 2.77. The molecule has 0 spiro atoms. The zero-order chi connectivity index (χ0) is 17.1. The highest BCUT2D eigenvalue weighted by atomic mass is 16.5. The summed E-state index contributed by atoms with van der Waals surface area (Å²) in [6.07, 6.45) is -0.294. The average Bonchev–Trinajstić information content (AvgIpc) is 2.99. The van der Waals surface area contributed by atoms with Crippen molar-refractivity contribution in [2.75, 3.05) is 40.4 Å². The van der Waals surface area contributed by atoms with Crippen LogP contribution >= 0.6 is 0 Å². The Bertz CT molecular complexity index is 747. The van der Waals surface area contributed by atoms with E-state index in [9.17, 15) is 9.59 Å². The fourth-order valence-electron chi connectivity index (χ4n) is 3.08. The number of fused-ring (bicyclic) bond motifs is 1. The number of hydrogen-bond acceptors (Lipinski definition) is 5. The van der Waals surface area contributed by atoms with Gasteiger partial charge in [-0.3, -0.25) is 4.90 Å². The van der Waals surface area contributed by atoms with Crippen molar-refractivity contribution in [1.29, 1.82) is 0 Å². The minimum absolute atomic E-state index is 0.294. The molecule has 0 aliphatic carbocycles. The van der Waals surface area contributed by atoms with Gasteiger partial charge < -0.3 is 19.4 Å². The van der Waals surface area contributed by atoms with Crippen molar-refractivity contribution < 1.29 is 19.1 Å². The van der Waals surface area contributed by atoms with Crippen molar-refractivity contribution in [3.05, 3.63) is 35.5 Å². The zero-order valence-corrected chi connectivity index (χ0v) is 13.9. The molecule has 1 fully saturated rings. The number of piperazine rings is 1. The van der Waals surface area contributed by atoms with E-state index in [0.29, 0.717) is 25.3 Å². The van der Waals surface area contributed by atoms with E-state index >= 15 is 0 Å². The lowest BCUT2D eigenvalue weighted by Gasteiger charge is -2.33. The molecule has 7 nitrogen and oxygen atoms in total. The Morgan fingerprint density at radius 2 is 1.79 bits per heavy atom. The smallest absolute Gasteiger partial charge is 0.409 e. The minimum atomic E-state index is -0.366. The monoisotopic (exact) mass is 331 g/mol. The number of nitrogens with zero attached hydrogens (tertiary/aromatic N) is 2. The molecular weight excluding hydrogens is 310 g/mol. The molecule has 2 heterocycles. The second kappa shape index (κ2) is 6.92. The van der Waals surface area contributed by atoms with Crippen LogP contribution in [0.2, 0.25) is 0 Å². The van der Waals surface area contributed by atoms with Gasteiger partial charge in [-0.15, -0.1) is 0 Å². The minimum Gasteiger partial charge on any atom is -0.464 e. The van der Waals surface area contributed by atoms with Gasteiger partial charge in [0.15, 0.2) is 0 Å². The number of amides is 1. The van der Waals surface area contributed by atoms with E-state index in [4.69, 9.17) is 9.47 Å². The second-order valence-electron chi connectivity index (χ2n) is 5.75. The summed E-state index contributed by atoms with van der Waals surface area (Å²) in [5.74, 6) is -0.366. The lowest BCUT2D eigenvalue weighted by Crippen LogP contribution is -2.48. The summed E-state index contributed by atoms with van der Waals surface area (Å²) < 4.78 is 9.66. The van der Waals surface area contributed by atoms with Gasteiger partial charge in [-0.25, -0.2) is 9.59 Å². The lowest BCUT2D eigenvalue weighted by atomic mass is 10.1. The van der Waals surface area contributed by atoms with Crippen molar-refractivity contribution in [1.82, 2.24) is 14.8 Å². The van der Waals surface area contributed by atoms with Crippen LogP contribution in [-0.4, -0.2) is 67.2 Å². The Morgan fingerprint density at radius 1 is 1.08 bits per heavy atom. The van der Waals surface area contributed by atoms with E-state index in [-0.39, 0.29) is 12.1 Å². The van der Waals surface area contributed by atoms with Gasteiger partial charge in [0.25, 0.3) is 0 Å². The second-order valence-corrected chi connectivity index (χ2v) is 5.75. The summed E-state index contributed by atoms with van der Waals surface area (Å²) in [6.45, 7) is 3.32. The van der Waals surface area contributed by atoms with E-state index in [1.807, 2.05) is 24.3 Å². The van der Waals surface area contributed by atoms with Crippen LogP contribution in [0.15, 0.2) is 24.3 Å². The fourth-order valence-corrected chi connectivity index (χ4v) is 3.08. The third-order valence-corrected chi connectivity index (χ3v) is 4.39. The Morgan fingerprint density at radius 3 is 2.46 bits per heavy atom. The van der Waals surface area contributed by atoms with E-state index in [2.05, 4.69) is 9.88 Å². The topological polar surface area (TPSA) is 74.9 Å². The van der Waals surface area contributed by atoms with Gasteiger partial charge in [-0.1, -0.05) is 18.2 Å². The Hall–Kier alpha value is -2.54. The number of H-pyrrole nitrogens is 1. The summed E-state index contributed by atoms with van der Waals surface area (Å²) in [5.41, 5.74) is 2.35. The maximum Gasteiger partial charge on any atom is 0.409 e. The molecule has 24 heavy (non-hydrogen) atoms. The van der Waals surface area contributed by atoms with Crippen LogP contribution < -0.4 is 0 Å². The summed E-state index contributed by atoms with van der Waals surface area (Å²) in [4.78, 5) is 30.7. The molecule has 0 bridgehead atoms. The number of rotatable bonds is 3. The highest BCUT2D eigenvalue weighted by molar-refractivity contribution is 5.98. The number of para-hydroxylation sites is 1. The normalized spacial score (nSPS) is 15.5. The molecular formula is C17H21N3O4. The molecule has 1 N–H and O–H groups in total. The van der Waals surface area contributed by atoms with E-state index in [1.165, 1.54) is 14.2 Å². The maximum atomic E-state index is 12.1. The molecule has 2 aromatic rings. The molecule has 0 unspecified atom stereocenters. The highest BCUT2D eigenvalue weighted by Crippen LogP contribution is 2.25. The molecule has 1 saturated heterocycles. The van der Waals surface area contributed by atoms with Gasteiger partial charge in [0, 0.05) is 49.2 Å². The van der Waals surface area contributed by atoms with Crippen molar-refractivity contribution in [3.63, 3.8) is 0 Å². The number of carbonyl (C=O) groups is 2. The molecule has 0 saturated carbocycles. The van der Waals surface area contributed by atoms with E-state index < -0.39 is 0 Å². The molecule has 7 heteroatoms. The van der Waals surface area contributed by atoms with Crippen LogP contribution in [0.25, 0.3) is 10.9 Å². The predicted octanol–water partition coefficient (Wildman–Crippen LogP) is 1.84. The van der Waals surface area contributed by atoms with Gasteiger partial charge in [0.05, 0.1) is 14.2 Å². The van der Waals surface area contributed by atoms with Gasteiger partial charge >= 0.3 is 12.1 Å². The maximum absolute atomic E-state index is 12.1. The van der Waals surface area contributed by atoms with Crippen LogP contribution in [0.4, 0.5) is 4.79 Å². The number of carbonyl (C=O) groups excluding carboxylic acids is 2. The van der Waals surface area contributed by atoms with Gasteiger partial charge in [0.1, 0.15) is 5.69 Å². The van der Waals surface area contributed by atoms with Crippen molar-refractivity contribution >= 4 is 23.0 Å². The lowest BCUT2D eigenvalue weighted by molar-refractivity contribution is 0.0591. The summed E-state index contributed by atoms with van der Waals surface area (Å²) in [6, 6.07) is 7.83. The summed E-state index contributed by atoms with van der Waals surface area (Å²) in [5, 5.41) is 1.02. The van der Waals surface area contributed by atoms with Crippen molar-refractivity contribution in [2.45, 2.75) is 6.54 Å². The first-order valence-electron chi connectivity index (χ1n) is 7.87. The van der Waals surface area contributed by atoms with Gasteiger partial charge in [-0.2, -0.15) is 0 Å². The largest absolute Gasteiger partial charge is 0.464 e. The Labute approximate surface area is 140 Å². The Balaban J connectivity index is 1.80. The quantitative estimate of drug-likeness (QED) is 0.869. The fraction of sp³-hybridized carbons (Fsp3) is 0.412. The first kappa shape index (κ1) is 16.3. The first-order chi connectivity index (χ1) is 11.6. The molecule has 3 rings (SSSR count). The number of methoxy groups -OCH3 is 2. The number of benzene rings is 1. The number of nitrogens with one attached hydrogen (secondary N) is 1.